The number of rotatable bonds is 8. The SMILES string of the molecule is COC(=O)c1ccc(-c2ccc([C@@H]3[C@H](c4ccccn4)NC(=S)N3CCC(=O)Nc3ccc(F)cc3)o2)cc1. The largest absolute Gasteiger partial charge is 0.465 e. The van der Waals surface area contributed by atoms with Crippen LogP contribution < -0.4 is 10.6 Å². The topological polar surface area (TPSA) is 96.7 Å². The highest BCUT2D eigenvalue weighted by Gasteiger charge is 2.41. The first kappa shape index (κ1) is 26.1. The number of furan rings is 1. The number of aromatic nitrogens is 1. The lowest BCUT2D eigenvalue weighted by molar-refractivity contribution is -0.116. The molecule has 198 valence electrons. The summed E-state index contributed by atoms with van der Waals surface area (Å²) >= 11 is 5.67. The number of thiocarbonyl (C=S) groups is 1. The molecular weight excluding hydrogens is 519 g/mol. The summed E-state index contributed by atoms with van der Waals surface area (Å²) in [6, 6.07) is 21.3. The highest BCUT2D eigenvalue weighted by molar-refractivity contribution is 7.80. The number of nitrogens with one attached hydrogen (secondary N) is 2. The predicted molar refractivity (Wildman–Crippen MR) is 147 cm³/mol. The minimum absolute atomic E-state index is 0.146. The summed E-state index contributed by atoms with van der Waals surface area (Å²) in [5, 5.41) is 6.59. The molecule has 1 aliphatic heterocycles. The molecule has 1 saturated heterocycles. The van der Waals surface area contributed by atoms with Crippen molar-refractivity contribution >= 4 is 34.9 Å². The van der Waals surface area contributed by atoms with E-state index in [9.17, 15) is 14.0 Å². The Bertz CT molecular complexity index is 1480. The molecule has 39 heavy (non-hydrogen) atoms. The molecule has 0 bridgehead atoms. The molecule has 1 fully saturated rings. The normalized spacial score (nSPS) is 16.6. The van der Waals surface area contributed by atoms with E-state index in [1.807, 2.05) is 35.2 Å². The minimum Gasteiger partial charge on any atom is -0.465 e. The van der Waals surface area contributed by atoms with E-state index in [1.54, 1.807) is 30.5 Å². The number of amides is 1. The van der Waals surface area contributed by atoms with Crippen LogP contribution in [0.5, 0.6) is 0 Å². The van der Waals surface area contributed by atoms with Gasteiger partial charge in [0.1, 0.15) is 23.4 Å². The van der Waals surface area contributed by atoms with E-state index in [1.165, 1.54) is 31.4 Å². The number of hydrogen-bond acceptors (Lipinski definition) is 6. The van der Waals surface area contributed by atoms with Gasteiger partial charge in [0, 0.05) is 30.4 Å². The highest BCUT2D eigenvalue weighted by atomic mass is 32.1. The summed E-state index contributed by atoms with van der Waals surface area (Å²) in [6.45, 7) is 0.316. The van der Waals surface area contributed by atoms with Gasteiger partial charge in [0.2, 0.25) is 5.91 Å². The Kier molecular flexibility index (Phi) is 7.64. The van der Waals surface area contributed by atoms with Crippen molar-refractivity contribution in [3.8, 4) is 11.3 Å². The van der Waals surface area contributed by atoms with Crippen molar-refractivity contribution in [2.75, 3.05) is 19.0 Å². The molecule has 3 heterocycles. The lowest BCUT2D eigenvalue weighted by atomic mass is 10.0. The van der Waals surface area contributed by atoms with Gasteiger partial charge in [-0.1, -0.05) is 18.2 Å². The van der Waals surface area contributed by atoms with Crippen LogP contribution in [0.2, 0.25) is 0 Å². The Labute approximate surface area is 229 Å². The van der Waals surface area contributed by atoms with Gasteiger partial charge in [-0.05, 0) is 72.9 Å². The molecule has 10 heteroatoms. The average Bonchev–Trinajstić information content (AvgIpc) is 3.58. The first-order valence-electron chi connectivity index (χ1n) is 12.2. The second-order valence-corrected chi connectivity index (χ2v) is 9.28. The molecule has 2 atom stereocenters. The molecule has 0 spiro atoms. The summed E-state index contributed by atoms with van der Waals surface area (Å²) in [7, 11) is 1.34. The van der Waals surface area contributed by atoms with E-state index < -0.39 is 5.97 Å². The fourth-order valence-electron chi connectivity index (χ4n) is 4.49. The lowest BCUT2D eigenvalue weighted by Crippen LogP contribution is -2.32. The summed E-state index contributed by atoms with van der Waals surface area (Å²) < 4.78 is 24.3. The highest BCUT2D eigenvalue weighted by Crippen LogP contribution is 2.40. The molecule has 0 radical (unpaired) electrons. The van der Waals surface area contributed by atoms with Gasteiger partial charge < -0.3 is 24.7 Å². The van der Waals surface area contributed by atoms with E-state index >= 15 is 0 Å². The number of carbonyl (C=O) groups is 2. The van der Waals surface area contributed by atoms with Crippen LogP contribution in [0.4, 0.5) is 10.1 Å². The van der Waals surface area contributed by atoms with Crippen molar-refractivity contribution in [1.29, 1.82) is 0 Å². The first-order valence-corrected chi connectivity index (χ1v) is 12.7. The van der Waals surface area contributed by atoms with Crippen LogP contribution in [0.25, 0.3) is 11.3 Å². The Morgan fingerprint density at radius 1 is 1.08 bits per heavy atom. The molecule has 4 aromatic rings. The van der Waals surface area contributed by atoms with E-state index in [-0.39, 0.29) is 30.2 Å². The van der Waals surface area contributed by atoms with Crippen LogP contribution in [0.3, 0.4) is 0 Å². The molecular formula is C29H25FN4O4S. The van der Waals surface area contributed by atoms with Crippen LogP contribution >= 0.6 is 12.2 Å². The number of hydrogen-bond donors (Lipinski definition) is 2. The van der Waals surface area contributed by atoms with Gasteiger partial charge in [-0.2, -0.15) is 0 Å². The van der Waals surface area contributed by atoms with Gasteiger partial charge in [-0.25, -0.2) is 9.18 Å². The summed E-state index contributed by atoms with van der Waals surface area (Å²) in [6.07, 6.45) is 1.86. The molecule has 5 rings (SSSR count). The third-order valence-corrected chi connectivity index (χ3v) is 6.77. The lowest BCUT2D eigenvalue weighted by Gasteiger charge is -2.25. The second kappa shape index (κ2) is 11.4. The number of ether oxygens (including phenoxy) is 1. The van der Waals surface area contributed by atoms with Crippen molar-refractivity contribution in [3.63, 3.8) is 0 Å². The van der Waals surface area contributed by atoms with Crippen molar-refractivity contribution in [1.82, 2.24) is 15.2 Å². The Morgan fingerprint density at radius 2 is 1.85 bits per heavy atom. The maximum absolute atomic E-state index is 13.2. The average molecular weight is 545 g/mol. The number of methoxy groups -OCH3 is 1. The predicted octanol–water partition coefficient (Wildman–Crippen LogP) is 5.27. The first-order chi connectivity index (χ1) is 18.9. The van der Waals surface area contributed by atoms with Gasteiger partial charge in [0.25, 0.3) is 0 Å². The van der Waals surface area contributed by atoms with Crippen molar-refractivity contribution < 1.29 is 23.1 Å². The van der Waals surface area contributed by atoms with E-state index in [4.69, 9.17) is 21.4 Å². The zero-order valence-electron chi connectivity index (χ0n) is 21.0. The molecule has 2 N–H and O–H groups in total. The molecule has 0 aliphatic carbocycles. The van der Waals surface area contributed by atoms with E-state index in [0.717, 1.165) is 11.3 Å². The molecule has 0 saturated carbocycles. The van der Waals surface area contributed by atoms with Gasteiger partial charge in [0.05, 0.1) is 24.4 Å². The van der Waals surface area contributed by atoms with E-state index in [2.05, 4.69) is 15.6 Å². The van der Waals surface area contributed by atoms with Gasteiger partial charge in [-0.3, -0.25) is 9.78 Å². The fourth-order valence-corrected chi connectivity index (χ4v) is 4.82. The monoisotopic (exact) mass is 544 g/mol. The van der Waals surface area contributed by atoms with Crippen molar-refractivity contribution in [2.24, 2.45) is 0 Å². The number of benzene rings is 2. The molecule has 2 aromatic carbocycles. The Morgan fingerprint density at radius 3 is 2.54 bits per heavy atom. The maximum Gasteiger partial charge on any atom is 0.337 e. The van der Waals surface area contributed by atoms with Gasteiger partial charge >= 0.3 is 5.97 Å². The minimum atomic E-state index is -0.412. The molecule has 8 nitrogen and oxygen atoms in total. The van der Waals surface area contributed by atoms with Crippen molar-refractivity contribution in [3.05, 3.63) is 108 Å². The Balaban J connectivity index is 1.38. The number of carbonyl (C=O) groups excluding carboxylic acids is 2. The number of esters is 1. The number of pyridine rings is 1. The third kappa shape index (κ3) is 5.80. The maximum atomic E-state index is 13.2. The van der Waals surface area contributed by atoms with Crippen LogP contribution in [-0.4, -0.2) is 40.5 Å². The fraction of sp³-hybridized carbons (Fsp3) is 0.172. The molecule has 1 amide bonds. The van der Waals surface area contributed by atoms with Gasteiger partial charge in [-0.15, -0.1) is 0 Å². The third-order valence-electron chi connectivity index (χ3n) is 6.41. The second-order valence-electron chi connectivity index (χ2n) is 8.90. The zero-order valence-corrected chi connectivity index (χ0v) is 21.8. The number of nitrogens with zero attached hydrogens (tertiary/aromatic N) is 2. The Hall–Kier alpha value is -4.57. The van der Waals surface area contributed by atoms with Crippen LogP contribution in [-0.2, 0) is 9.53 Å². The standard InChI is InChI=1S/C29H25FN4O4S/c1-37-28(36)19-7-5-18(6-8-19)23-13-14-24(38-23)27-26(22-4-2-3-16-31-22)33-29(39)34(27)17-15-25(35)32-21-11-9-20(30)10-12-21/h2-14,16,26-27H,15,17H2,1H3,(H,32,35)(H,33,39)/t26-,27+/m0/s1. The van der Waals surface area contributed by atoms with Crippen LogP contribution in [0.1, 0.15) is 40.3 Å². The smallest absolute Gasteiger partial charge is 0.337 e. The summed E-state index contributed by atoms with van der Waals surface area (Å²) in [4.78, 5) is 30.9. The zero-order chi connectivity index (χ0) is 27.4. The number of halogens is 1. The van der Waals surface area contributed by atoms with E-state index in [0.29, 0.717) is 34.4 Å². The molecule has 2 aromatic heterocycles. The quantitative estimate of drug-likeness (QED) is 0.229. The summed E-state index contributed by atoms with van der Waals surface area (Å²) in [5.41, 5.74) is 2.53. The van der Waals surface area contributed by atoms with Gasteiger partial charge in [0.15, 0.2) is 5.11 Å². The van der Waals surface area contributed by atoms with Crippen molar-refractivity contribution in [2.45, 2.75) is 18.5 Å². The number of anilines is 1. The van der Waals surface area contributed by atoms with Crippen LogP contribution in [0, 0.1) is 5.82 Å². The molecule has 1 aliphatic rings. The molecule has 0 unspecified atom stereocenters. The van der Waals surface area contributed by atoms with Crippen LogP contribution in [0.15, 0.2) is 89.5 Å². The summed E-state index contributed by atoms with van der Waals surface area (Å²) in [5.74, 6) is 0.249.